The van der Waals surface area contributed by atoms with Crippen LogP contribution in [-0.2, 0) is 14.3 Å². The van der Waals surface area contributed by atoms with Crippen molar-refractivity contribution in [2.75, 3.05) is 6.61 Å². The van der Waals surface area contributed by atoms with Gasteiger partial charge in [0.1, 0.15) is 6.10 Å². The molecule has 0 bridgehead atoms. The van der Waals surface area contributed by atoms with Gasteiger partial charge in [-0.05, 0) is 87.6 Å². The van der Waals surface area contributed by atoms with E-state index in [1.165, 1.54) is 0 Å². The second-order valence-electron chi connectivity index (χ2n) is 9.98. The monoisotopic (exact) mass is 475 g/mol. The number of nitrogens with one attached hydrogen (secondary N) is 1. The van der Waals surface area contributed by atoms with Gasteiger partial charge >= 0.3 is 12.1 Å². The van der Waals surface area contributed by atoms with E-state index in [0.717, 1.165) is 42.6 Å². The molecule has 1 saturated heterocycles. The standard InChI is InChI=1S/C28H33N3O4/c1-3-34-28(33)31-21-10-11-22-19(14-21)15-24-26(17(2)35-27(24)32)23(22)12-9-20-8-7-18(16-30-20)25-6-4-5-13-29-25/h4-9,12-13,16-17,19,21-24,26H,3,10-11,14-15H2,1-2H3,(H,31,33)/b12-9+/t17-,19+,21-,22-,23+,24-,26+/m1/s1. The van der Waals surface area contributed by atoms with E-state index in [1.54, 1.807) is 6.20 Å². The number of nitrogens with zero attached hydrogens (tertiary/aromatic N) is 2. The van der Waals surface area contributed by atoms with Gasteiger partial charge in [-0.3, -0.25) is 14.8 Å². The van der Waals surface area contributed by atoms with Crippen LogP contribution in [-0.4, -0.2) is 40.8 Å². The lowest BCUT2D eigenvalue weighted by molar-refractivity contribution is -0.144. The normalized spacial score (nSPS) is 31.9. The van der Waals surface area contributed by atoms with E-state index in [0.29, 0.717) is 18.4 Å². The Morgan fingerprint density at radius 2 is 2.09 bits per heavy atom. The van der Waals surface area contributed by atoms with Crippen molar-refractivity contribution in [3.8, 4) is 11.3 Å². The van der Waals surface area contributed by atoms with Gasteiger partial charge in [-0.15, -0.1) is 0 Å². The fraction of sp³-hybridized carbons (Fsp3) is 0.500. The average molecular weight is 476 g/mol. The average Bonchev–Trinajstić information content (AvgIpc) is 3.15. The number of hydrogen-bond acceptors (Lipinski definition) is 6. The molecule has 1 amide bonds. The highest BCUT2D eigenvalue weighted by Crippen LogP contribution is 2.53. The highest BCUT2D eigenvalue weighted by atomic mass is 16.6. The van der Waals surface area contributed by atoms with Crippen molar-refractivity contribution >= 4 is 18.1 Å². The molecule has 2 saturated carbocycles. The molecule has 2 aromatic heterocycles. The molecule has 1 aliphatic heterocycles. The van der Waals surface area contributed by atoms with Gasteiger partial charge < -0.3 is 14.8 Å². The van der Waals surface area contributed by atoms with Crippen molar-refractivity contribution < 1.29 is 19.1 Å². The molecule has 0 radical (unpaired) electrons. The Balaban J connectivity index is 1.34. The number of cyclic esters (lactones) is 1. The SMILES string of the molecule is CCOC(=O)N[C@@H]1CC[C@@H]2[C@@H](C1)C[C@H]1C(=O)O[C@H](C)[C@H]1[C@H]2/C=C/c1ccc(-c2ccccn2)cn1. The molecule has 2 aliphatic carbocycles. The lowest BCUT2D eigenvalue weighted by Crippen LogP contribution is -2.48. The molecule has 1 N–H and O–H groups in total. The van der Waals surface area contributed by atoms with Crippen LogP contribution in [0.2, 0.25) is 0 Å². The van der Waals surface area contributed by atoms with Gasteiger partial charge in [-0.1, -0.05) is 12.1 Å². The highest BCUT2D eigenvalue weighted by Gasteiger charge is 2.54. The lowest BCUT2D eigenvalue weighted by atomic mass is 9.57. The van der Waals surface area contributed by atoms with Gasteiger partial charge in [0.25, 0.3) is 0 Å². The predicted molar refractivity (Wildman–Crippen MR) is 132 cm³/mol. The molecule has 5 rings (SSSR count). The second-order valence-corrected chi connectivity index (χ2v) is 9.98. The highest BCUT2D eigenvalue weighted by molar-refractivity contribution is 5.75. The Hall–Kier alpha value is -3.22. The van der Waals surface area contributed by atoms with Gasteiger partial charge in [0, 0.05) is 29.9 Å². The Morgan fingerprint density at radius 1 is 1.20 bits per heavy atom. The van der Waals surface area contributed by atoms with Crippen LogP contribution in [0.4, 0.5) is 4.79 Å². The molecule has 35 heavy (non-hydrogen) atoms. The summed E-state index contributed by atoms with van der Waals surface area (Å²) in [7, 11) is 0. The summed E-state index contributed by atoms with van der Waals surface area (Å²) in [5.74, 6) is 1.09. The number of aromatic nitrogens is 2. The molecule has 7 nitrogen and oxygen atoms in total. The van der Waals surface area contributed by atoms with Gasteiger partial charge in [0.15, 0.2) is 0 Å². The smallest absolute Gasteiger partial charge is 0.407 e. The van der Waals surface area contributed by atoms with Crippen LogP contribution in [0.1, 0.15) is 45.2 Å². The zero-order valence-electron chi connectivity index (χ0n) is 20.3. The minimum absolute atomic E-state index is 0.0716. The number of allylic oxidation sites excluding steroid dienone is 1. The molecule has 3 aliphatic rings. The Kier molecular flexibility index (Phi) is 6.84. The first-order valence-corrected chi connectivity index (χ1v) is 12.7. The molecule has 0 unspecified atom stereocenters. The molecule has 184 valence electrons. The van der Waals surface area contributed by atoms with Crippen molar-refractivity contribution in [1.29, 1.82) is 0 Å². The maximum Gasteiger partial charge on any atom is 0.407 e. The van der Waals surface area contributed by atoms with E-state index >= 15 is 0 Å². The predicted octanol–water partition coefficient (Wildman–Crippen LogP) is 4.89. The third-order valence-corrected chi connectivity index (χ3v) is 7.98. The fourth-order valence-corrected chi connectivity index (χ4v) is 6.48. The summed E-state index contributed by atoms with van der Waals surface area (Å²) in [6.07, 6.45) is 11.2. The van der Waals surface area contributed by atoms with Gasteiger partial charge in [0.2, 0.25) is 0 Å². The van der Waals surface area contributed by atoms with E-state index in [9.17, 15) is 9.59 Å². The Morgan fingerprint density at radius 3 is 2.83 bits per heavy atom. The van der Waals surface area contributed by atoms with Gasteiger partial charge in [-0.2, -0.15) is 0 Å². The maximum absolute atomic E-state index is 12.7. The quantitative estimate of drug-likeness (QED) is 0.620. The van der Waals surface area contributed by atoms with Crippen LogP contribution < -0.4 is 5.32 Å². The van der Waals surface area contributed by atoms with Crippen LogP contribution in [0.5, 0.6) is 0 Å². The van der Waals surface area contributed by atoms with Crippen molar-refractivity contribution in [3.05, 3.63) is 54.5 Å². The van der Waals surface area contributed by atoms with Crippen LogP contribution in [0.15, 0.2) is 48.8 Å². The van der Waals surface area contributed by atoms with Crippen molar-refractivity contribution in [2.45, 2.75) is 51.7 Å². The van der Waals surface area contributed by atoms with E-state index in [1.807, 2.05) is 50.4 Å². The summed E-state index contributed by atoms with van der Waals surface area (Å²) in [5.41, 5.74) is 2.77. The number of ether oxygens (including phenoxy) is 2. The molecule has 7 heteroatoms. The summed E-state index contributed by atoms with van der Waals surface area (Å²) in [5, 5.41) is 3.01. The Labute approximate surface area is 206 Å². The van der Waals surface area contributed by atoms with E-state index in [2.05, 4.69) is 27.4 Å². The van der Waals surface area contributed by atoms with E-state index in [-0.39, 0.29) is 42.0 Å². The number of amides is 1. The van der Waals surface area contributed by atoms with Crippen LogP contribution in [0.3, 0.4) is 0 Å². The van der Waals surface area contributed by atoms with Crippen molar-refractivity contribution in [1.82, 2.24) is 15.3 Å². The van der Waals surface area contributed by atoms with Crippen LogP contribution in [0.25, 0.3) is 17.3 Å². The third kappa shape index (κ3) is 4.95. The number of hydrogen-bond donors (Lipinski definition) is 1. The molecular formula is C28H33N3O4. The molecule has 0 aromatic carbocycles. The number of esters is 1. The first kappa shape index (κ1) is 23.5. The van der Waals surface area contributed by atoms with Crippen molar-refractivity contribution in [3.63, 3.8) is 0 Å². The lowest BCUT2D eigenvalue weighted by Gasteiger charge is -2.47. The first-order valence-electron chi connectivity index (χ1n) is 12.7. The van der Waals surface area contributed by atoms with Crippen molar-refractivity contribution in [2.24, 2.45) is 29.6 Å². The molecule has 7 atom stereocenters. The number of carbonyl (C=O) groups excluding carboxylic acids is 2. The van der Waals surface area contributed by atoms with Gasteiger partial charge in [0.05, 0.1) is 23.9 Å². The Bertz CT molecular complexity index is 1070. The van der Waals surface area contributed by atoms with E-state index < -0.39 is 0 Å². The van der Waals surface area contributed by atoms with E-state index in [4.69, 9.17) is 9.47 Å². The summed E-state index contributed by atoms with van der Waals surface area (Å²) in [6.45, 7) is 4.20. The molecule has 3 heterocycles. The first-order chi connectivity index (χ1) is 17.0. The minimum Gasteiger partial charge on any atom is -0.462 e. The number of rotatable bonds is 5. The van der Waals surface area contributed by atoms with Gasteiger partial charge in [-0.25, -0.2) is 4.79 Å². The largest absolute Gasteiger partial charge is 0.462 e. The molecule has 2 aromatic rings. The molecule has 3 fully saturated rings. The van der Waals surface area contributed by atoms with Crippen LogP contribution in [0, 0.1) is 29.6 Å². The molecular weight excluding hydrogens is 442 g/mol. The third-order valence-electron chi connectivity index (χ3n) is 7.98. The summed E-state index contributed by atoms with van der Waals surface area (Å²) >= 11 is 0. The summed E-state index contributed by atoms with van der Waals surface area (Å²) in [4.78, 5) is 33.7. The number of pyridine rings is 2. The number of fused-ring (bicyclic) bond motifs is 2. The zero-order valence-corrected chi connectivity index (χ0v) is 20.3. The summed E-state index contributed by atoms with van der Waals surface area (Å²) < 4.78 is 10.8. The maximum atomic E-state index is 12.7. The zero-order chi connectivity index (χ0) is 24.4. The summed E-state index contributed by atoms with van der Waals surface area (Å²) in [6, 6.07) is 9.98. The van der Waals surface area contributed by atoms with Crippen LogP contribution >= 0.6 is 0 Å². The number of alkyl carbamates (subject to hydrolysis) is 1. The second kappa shape index (κ2) is 10.2. The molecule has 0 spiro atoms. The minimum atomic E-state index is -0.352. The topological polar surface area (TPSA) is 90.4 Å². The number of carbonyl (C=O) groups is 2. The fourth-order valence-electron chi connectivity index (χ4n) is 6.48.